The molecule has 1 saturated heterocycles. The van der Waals surface area contributed by atoms with Crippen LogP contribution in [-0.4, -0.2) is 8.80 Å². The van der Waals surface area contributed by atoms with Gasteiger partial charge in [-0.3, -0.25) is 0 Å². The maximum atomic E-state index is 13.4. The van der Waals surface area contributed by atoms with Crippen molar-refractivity contribution in [1.29, 1.82) is 0 Å². The van der Waals surface area contributed by atoms with Gasteiger partial charge in [-0.25, -0.2) is 8.78 Å². The predicted molar refractivity (Wildman–Crippen MR) is 105 cm³/mol. The first-order valence-corrected chi connectivity index (χ1v) is 11.8. The van der Waals surface area contributed by atoms with Gasteiger partial charge < -0.3 is 0 Å². The summed E-state index contributed by atoms with van der Waals surface area (Å²) in [7, 11) is -0.518. The summed E-state index contributed by atoms with van der Waals surface area (Å²) in [4.78, 5) is 0. The van der Waals surface area contributed by atoms with Crippen molar-refractivity contribution >= 4 is 8.80 Å². The predicted octanol–water partition coefficient (Wildman–Crippen LogP) is 6.70. The molecule has 1 aliphatic heterocycles. The smallest absolute Gasteiger partial charge is 0.159 e. The summed E-state index contributed by atoms with van der Waals surface area (Å²) >= 11 is 0. The van der Waals surface area contributed by atoms with Gasteiger partial charge in [-0.05, 0) is 60.9 Å². The zero-order chi connectivity index (χ0) is 17.6. The molecule has 2 aromatic carbocycles. The van der Waals surface area contributed by atoms with Crippen LogP contribution in [0, 0.1) is 11.6 Å². The van der Waals surface area contributed by atoms with E-state index in [9.17, 15) is 8.78 Å². The summed E-state index contributed by atoms with van der Waals surface area (Å²) in [6.07, 6.45) is 8.36. The molecule has 0 amide bonds. The van der Waals surface area contributed by atoms with Crippen molar-refractivity contribution in [3.8, 4) is 11.1 Å². The molecule has 132 valence electrons. The van der Waals surface area contributed by atoms with E-state index in [1.54, 1.807) is 6.07 Å². The average molecular weight is 357 g/mol. The van der Waals surface area contributed by atoms with Gasteiger partial charge in [0.25, 0.3) is 0 Å². The second kappa shape index (κ2) is 8.57. The third-order valence-electron chi connectivity index (χ3n) is 5.46. The van der Waals surface area contributed by atoms with E-state index >= 15 is 0 Å². The zero-order valence-electron chi connectivity index (χ0n) is 14.8. The van der Waals surface area contributed by atoms with Crippen molar-refractivity contribution in [2.75, 3.05) is 0 Å². The third-order valence-corrected chi connectivity index (χ3v) is 8.91. The molecule has 3 heteroatoms. The Morgan fingerprint density at radius 3 is 2.28 bits per heavy atom. The molecule has 0 N–H and O–H groups in total. The van der Waals surface area contributed by atoms with E-state index in [0.29, 0.717) is 5.92 Å². The molecule has 1 heterocycles. The van der Waals surface area contributed by atoms with Crippen LogP contribution in [-0.2, 0) is 0 Å². The Labute approximate surface area is 151 Å². The Kier molecular flexibility index (Phi) is 6.19. The van der Waals surface area contributed by atoms with Gasteiger partial charge in [-0.1, -0.05) is 60.6 Å². The first-order chi connectivity index (χ1) is 12.2. The molecule has 0 unspecified atom stereocenters. The normalized spacial score (nSPS) is 20.9. The van der Waals surface area contributed by atoms with Crippen molar-refractivity contribution in [3.05, 3.63) is 71.8 Å². The first-order valence-electron chi connectivity index (χ1n) is 9.34. The molecule has 0 bridgehead atoms. The van der Waals surface area contributed by atoms with E-state index < -0.39 is 20.4 Å². The maximum Gasteiger partial charge on any atom is 0.159 e. The number of allylic oxidation sites excluding steroid dienone is 2. The molecule has 0 aromatic heterocycles. The summed E-state index contributed by atoms with van der Waals surface area (Å²) in [6.45, 7) is 2.10. The number of halogens is 2. The van der Waals surface area contributed by atoms with Gasteiger partial charge in [0.1, 0.15) is 0 Å². The van der Waals surface area contributed by atoms with Crippen LogP contribution in [0.25, 0.3) is 11.1 Å². The molecule has 0 radical (unpaired) electrons. The number of benzene rings is 2. The molecule has 3 rings (SSSR count). The highest BCUT2D eigenvalue weighted by molar-refractivity contribution is 6.59. The number of rotatable bonds is 5. The highest BCUT2D eigenvalue weighted by Gasteiger charge is 2.22. The van der Waals surface area contributed by atoms with Crippen LogP contribution in [0.1, 0.15) is 37.7 Å². The molecule has 2 aromatic rings. The van der Waals surface area contributed by atoms with Gasteiger partial charge in [0.15, 0.2) is 11.6 Å². The molecule has 0 atom stereocenters. The quantitative estimate of drug-likeness (QED) is 0.413. The molecule has 0 spiro atoms. The fraction of sp³-hybridized carbons (Fsp3) is 0.364. The van der Waals surface area contributed by atoms with Gasteiger partial charge in [-0.2, -0.15) is 0 Å². The Bertz CT molecular complexity index is 713. The van der Waals surface area contributed by atoms with Crippen LogP contribution in [0.5, 0.6) is 0 Å². The second-order valence-corrected chi connectivity index (χ2v) is 10.6. The molecular formula is C22H26F2Si. The van der Waals surface area contributed by atoms with E-state index in [1.807, 2.05) is 12.1 Å². The van der Waals surface area contributed by atoms with Crippen molar-refractivity contribution < 1.29 is 8.78 Å². The lowest BCUT2D eigenvalue weighted by molar-refractivity contribution is 0.509. The Morgan fingerprint density at radius 2 is 1.64 bits per heavy atom. The van der Waals surface area contributed by atoms with Crippen molar-refractivity contribution in [3.63, 3.8) is 0 Å². The fourth-order valence-corrected chi connectivity index (χ4v) is 7.18. The summed E-state index contributed by atoms with van der Waals surface area (Å²) in [5, 5.41) is 0. The SMILES string of the molecule is C/C=C/CC[SiH]1CCC(c2ccc(-c3ccc(F)c(F)c3)cc2)CC1. The minimum atomic E-state index is -0.796. The molecular weight excluding hydrogens is 330 g/mol. The average Bonchev–Trinajstić information content (AvgIpc) is 2.65. The van der Waals surface area contributed by atoms with Crippen LogP contribution in [0.3, 0.4) is 0 Å². The van der Waals surface area contributed by atoms with E-state index in [-0.39, 0.29) is 0 Å². The summed E-state index contributed by atoms with van der Waals surface area (Å²) < 4.78 is 26.5. The van der Waals surface area contributed by atoms with Gasteiger partial charge in [0.05, 0.1) is 0 Å². The zero-order valence-corrected chi connectivity index (χ0v) is 16.0. The number of hydrogen-bond donors (Lipinski definition) is 0. The van der Waals surface area contributed by atoms with Crippen LogP contribution in [0.2, 0.25) is 18.1 Å². The van der Waals surface area contributed by atoms with Crippen molar-refractivity contribution in [2.24, 2.45) is 0 Å². The standard InChI is InChI=1S/C22H26F2Si/c1-2-3-4-13-25-14-11-19(12-15-25)17-5-7-18(8-6-17)20-9-10-21(23)22(24)16-20/h2-3,5-10,16,19,25H,4,11-15H2,1H3/b3-2+. The van der Waals surface area contributed by atoms with Crippen molar-refractivity contribution in [1.82, 2.24) is 0 Å². The van der Waals surface area contributed by atoms with Gasteiger partial charge in [-0.15, -0.1) is 0 Å². The minimum absolute atomic E-state index is 0.518. The lowest BCUT2D eigenvalue weighted by Crippen LogP contribution is -2.20. The van der Waals surface area contributed by atoms with Gasteiger partial charge in [0, 0.05) is 8.80 Å². The van der Waals surface area contributed by atoms with E-state index in [0.717, 1.165) is 11.1 Å². The van der Waals surface area contributed by atoms with Crippen molar-refractivity contribution in [2.45, 2.75) is 50.2 Å². The first kappa shape index (κ1) is 18.1. The van der Waals surface area contributed by atoms with Crippen LogP contribution in [0.4, 0.5) is 8.78 Å². The summed E-state index contributed by atoms with van der Waals surface area (Å²) in [5.74, 6) is -0.914. The molecule has 0 saturated carbocycles. The molecule has 0 nitrogen and oxygen atoms in total. The third kappa shape index (κ3) is 4.66. The van der Waals surface area contributed by atoms with E-state index in [2.05, 4.69) is 31.2 Å². The Balaban J connectivity index is 1.60. The van der Waals surface area contributed by atoms with Crippen LogP contribution >= 0.6 is 0 Å². The fourth-order valence-electron chi connectivity index (χ4n) is 3.91. The van der Waals surface area contributed by atoms with Gasteiger partial charge >= 0.3 is 0 Å². The topological polar surface area (TPSA) is 0 Å². The second-order valence-electron chi connectivity index (χ2n) is 7.11. The highest BCUT2D eigenvalue weighted by Crippen LogP contribution is 2.35. The lowest BCUT2D eigenvalue weighted by atomic mass is 9.92. The minimum Gasteiger partial charge on any atom is -0.204 e. The molecule has 1 fully saturated rings. The van der Waals surface area contributed by atoms with E-state index in [1.165, 1.54) is 55.1 Å². The molecule has 1 aliphatic rings. The monoisotopic (exact) mass is 356 g/mol. The van der Waals surface area contributed by atoms with Crippen LogP contribution in [0.15, 0.2) is 54.6 Å². The highest BCUT2D eigenvalue weighted by atomic mass is 28.3. The largest absolute Gasteiger partial charge is 0.204 e. The maximum absolute atomic E-state index is 13.4. The summed E-state index contributed by atoms with van der Waals surface area (Å²) in [5.41, 5.74) is 3.06. The molecule has 0 aliphatic carbocycles. The lowest BCUT2D eigenvalue weighted by Gasteiger charge is -2.28. The Morgan fingerprint density at radius 1 is 0.960 bits per heavy atom. The molecule has 25 heavy (non-hydrogen) atoms. The number of hydrogen-bond acceptors (Lipinski definition) is 0. The van der Waals surface area contributed by atoms with E-state index in [4.69, 9.17) is 0 Å². The summed E-state index contributed by atoms with van der Waals surface area (Å²) in [6, 6.07) is 16.9. The Hall–Kier alpha value is -1.74. The van der Waals surface area contributed by atoms with Gasteiger partial charge in [0.2, 0.25) is 0 Å². The van der Waals surface area contributed by atoms with Crippen LogP contribution < -0.4 is 0 Å².